The molecule has 2 N–H and O–H groups in total. The van der Waals surface area contributed by atoms with Crippen molar-refractivity contribution in [3.63, 3.8) is 0 Å². The monoisotopic (exact) mass is 488 g/mol. The number of ether oxygens (including phenoxy) is 1. The first kappa shape index (κ1) is 26.0. The van der Waals surface area contributed by atoms with E-state index in [-0.39, 0.29) is 10.6 Å². The number of nitrogens with one attached hydrogen (secondary N) is 2. The maximum atomic E-state index is 13.7. The van der Waals surface area contributed by atoms with Crippen molar-refractivity contribution in [3.05, 3.63) is 29.8 Å². The van der Waals surface area contributed by atoms with E-state index in [1.165, 1.54) is 36.0 Å². The number of hydrogen-bond acceptors (Lipinski definition) is 7. The highest BCUT2D eigenvalue weighted by molar-refractivity contribution is 7.99. The fraction of sp³-hybridized carbons (Fsp3) is 0.529. The minimum Gasteiger partial charge on any atom is -0.455 e. The molecule has 0 saturated heterocycles. The summed E-state index contributed by atoms with van der Waals surface area (Å²) in [6.07, 6.45) is -0.143. The zero-order valence-corrected chi connectivity index (χ0v) is 19.0. The topological polar surface area (TPSA) is 102 Å². The molecular weight excluding hydrogens is 466 g/mol. The van der Waals surface area contributed by atoms with Crippen LogP contribution in [-0.2, 0) is 24.2 Å². The van der Waals surface area contributed by atoms with Crippen molar-refractivity contribution in [3.8, 4) is 0 Å². The lowest BCUT2D eigenvalue weighted by molar-refractivity contribution is -0.149. The smallest absolute Gasteiger partial charge is 0.316 e. The van der Waals surface area contributed by atoms with E-state index in [1.807, 2.05) is 0 Å². The summed E-state index contributed by atoms with van der Waals surface area (Å²) in [4.78, 5) is 22.6. The van der Waals surface area contributed by atoms with Gasteiger partial charge < -0.3 is 15.4 Å². The van der Waals surface area contributed by atoms with Crippen LogP contribution in [0.4, 0.5) is 4.39 Å². The highest BCUT2D eigenvalue weighted by atomic mass is 35.5. The fourth-order valence-corrected chi connectivity index (χ4v) is 3.72. The maximum Gasteiger partial charge on any atom is 0.316 e. The molecule has 0 heterocycles. The molecule has 1 rings (SSSR count). The molecule has 0 aliphatic carbocycles. The molecule has 12 heteroatoms. The van der Waals surface area contributed by atoms with E-state index < -0.39 is 45.4 Å². The van der Waals surface area contributed by atoms with E-state index in [9.17, 15) is 22.4 Å². The minimum absolute atomic E-state index is 0.0280. The normalized spacial score (nSPS) is 13.7. The van der Waals surface area contributed by atoms with E-state index >= 15 is 0 Å². The summed E-state index contributed by atoms with van der Waals surface area (Å²) in [5.41, 5.74) is 0.314. The van der Waals surface area contributed by atoms with Crippen LogP contribution in [0.25, 0.3) is 0 Å². The molecule has 0 aliphatic heterocycles. The predicted molar refractivity (Wildman–Crippen MR) is 113 cm³/mol. The van der Waals surface area contributed by atoms with Crippen LogP contribution >= 0.6 is 35.0 Å². The molecule has 0 radical (unpaired) electrons. The van der Waals surface area contributed by atoms with Gasteiger partial charge in [-0.15, -0.1) is 11.8 Å². The summed E-state index contributed by atoms with van der Waals surface area (Å²) in [6, 6.07) is 4.18. The molecule has 1 amide bonds. The number of carbonyl (C=O) groups is 2. The Labute approximate surface area is 184 Å². The lowest BCUT2D eigenvalue weighted by atomic mass is 10.0. The highest BCUT2D eigenvalue weighted by Gasteiger charge is 2.30. The second-order valence-corrected chi connectivity index (χ2v) is 10.2. The third-order valence-electron chi connectivity index (χ3n) is 3.67. The van der Waals surface area contributed by atoms with E-state index in [0.29, 0.717) is 17.9 Å². The summed E-state index contributed by atoms with van der Waals surface area (Å²) in [7, 11) is -1.66. The summed E-state index contributed by atoms with van der Waals surface area (Å²) < 4.78 is 42.4. The van der Waals surface area contributed by atoms with Gasteiger partial charge in [0.15, 0.2) is 14.7 Å². The number of halogens is 3. The lowest BCUT2D eigenvalue weighted by Crippen LogP contribution is -2.44. The molecule has 7 nitrogen and oxygen atoms in total. The average molecular weight is 489 g/mol. The van der Waals surface area contributed by atoms with Crippen molar-refractivity contribution in [1.29, 1.82) is 0 Å². The van der Waals surface area contributed by atoms with Gasteiger partial charge in [0, 0.05) is 18.6 Å². The van der Waals surface area contributed by atoms with Gasteiger partial charge in [0.25, 0.3) is 5.91 Å². The van der Waals surface area contributed by atoms with Crippen molar-refractivity contribution in [2.75, 3.05) is 38.0 Å². The average Bonchev–Trinajstić information content (AvgIpc) is 2.67. The number of rotatable bonds is 12. The summed E-state index contributed by atoms with van der Waals surface area (Å²) in [5, 5.41) is 5.24. The van der Waals surface area contributed by atoms with Crippen LogP contribution in [0.15, 0.2) is 29.2 Å². The number of esters is 1. The summed E-state index contributed by atoms with van der Waals surface area (Å²) in [6.45, 7) is -0.366. The number of benzene rings is 1. The molecule has 164 valence electrons. The molecule has 0 bridgehead atoms. The largest absolute Gasteiger partial charge is 0.455 e. The van der Waals surface area contributed by atoms with Crippen molar-refractivity contribution in [2.24, 2.45) is 0 Å². The van der Waals surface area contributed by atoms with Gasteiger partial charge in [0.1, 0.15) is 12.8 Å². The number of thioether (sulfide) groups is 1. The molecule has 0 aromatic heterocycles. The molecule has 2 atom stereocenters. The molecule has 1 aromatic carbocycles. The van der Waals surface area contributed by atoms with E-state index in [1.54, 1.807) is 7.05 Å². The number of hydrogen-bond donors (Lipinski definition) is 2. The van der Waals surface area contributed by atoms with Gasteiger partial charge in [-0.1, -0.05) is 35.3 Å². The Balaban J connectivity index is 3.06. The minimum atomic E-state index is -3.44. The number of sulfone groups is 1. The van der Waals surface area contributed by atoms with Crippen LogP contribution in [0.5, 0.6) is 0 Å². The number of carbonyl (C=O) groups excluding carboxylic acids is 2. The van der Waals surface area contributed by atoms with Gasteiger partial charge in [-0.2, -0.15) is 0 Å². The Morgan fingerprint density at radius 3 is 2.34 bits per heavy atom. The Hall–Kier alpha value is -1.07. The molecule has 0 fully saturated rings. The second kappa shape index (κ2) is 12.6. The Morgan fingerprint density at radius 2 is 1.86 bits per heavy atom. The predicted octanol–water partition coefficient (Wildman–Crippen LogP) is 1.88. The SMILES string of the molecule is CNCCSCC(=O)O[C@H](c1ccc(S(C)(=O)=O)cc1)[C@@H](CF)NC(=O)C(Cl)Cl. The lowest BCUT2D eigenvalue weighted by Gasteiger charge is -2.26. The molecule has 0 spiro atoms. The van der Waals surface area contributed by atoms with Crippen molar-refractivity contribution in [2.45, 2.75) is 21.9 Å². The fourth-order valence-electron chi connectivity index (χ4n) is 2.23. The molecule has 29 heavy (non-hydrogen) atoms. The van der Waals surface area contributed by atoms with Crippen LogP contribution in [0.1, 0.15) is 11.7 Å². The molecule has 1 aromatic rings. The third kappa shape index (κ3) is 9.08. The number of alkyl halides is 3. The van der Waals surface area contributed by atoms with Crippen molar-refractivity contribution < 1.29 is 27.1 Å². The van der Waals surface area contributed by atoms with Gasteiger partial charge in [-0.05, 0) is 24.7 Å². The van der Waals surface area contributed by atoms with E-state index in [4.69, 9.17) is 27.9 Å². The Morgan fingerprint density at radius 1 is 1.24 bits per heavy atom. The van der Waals surface area contributed by atoms with E-state index in [0.717, 1.165) is 6.26 Å². The summed E-state index contributed by atoms with van der Waals surface area (Å²) in [5.74, 6) is -0.749. The van der Waals surface area contributed by atoms with Crippen molar-refractivity contribution >= 4 is 56.7 Å². The van der Waals surface area contributed by atoms with Crippen LogP contribution in [0.2, 0.25) is 0 Å². The van der Waals surface area contributed by atoms with Gasteiger partial charge in [-0.25, -0.2) is 12.8 Å². The zero-order valence-electron chi connectivity index (χ0n) is 15.9. The summed E-state index contributed by atoms with van der Waals surface area (Å²) >= 11 is 12.3. The first-order valence-electron chi connectivity index (χ1n) is 8.46. The third-order valence-corrected chi connectivity index (χ3v) is 6.13. The van der Waals surface area contributed by atoms with Crippen LogP contribution in [0, 0.1) is 0 Å². The first-order valence-corrected chi connectivity index (χ1v) is 12.4. The highest BCUT2D eigenvalue weighted by Crippen LogP contribution is 2.25. The molecule has 0 saturated carbocycles. The van der Waals surface area contributed by atoms with E-state index in [2.05, 4.69) is 10.6 Å². The molecule has 0 aliphatic rings. The van der Waals surface area contributed by atoms with Crippen molar-refractivity contribution in [1.82, 2.24) is 10.6 Å². The van der Waals surface area contributed by atoms with Gasteiger partial charge in [0.2, 0.25) is 0 Å². The van der Waals surface area contributed by atoms with Gasteiger partial charge >= 0.3 is 5.97 Å². The van der Waals surface area contributed by atoms with Crippen LogP contribution < -0.4 is 10.6 Å². The van der Waals surface area contributed by atoms with Crippen LogP contribution in [-0.4, -0.2) is 69.2 Å². The number of amides is 1. The standard InChI is InChI=1S/C17H23Cl2FN2O5S2/c1-21-7-8-28-10-14(23)27-15(13(9-20)22-17(24)16(18)19)11-3-5-12(6-4-11)29(2,25)26/h3-6,13,15-16,21H,7-10H2,1-2H3,(H,22,24)/t13-,15-/m1/s1. The Kier molecular flexibility index (Phi) is 11.3. The van der Waals surface area contributed by atoms with Gasteiger partial charge in [0.05, 0.1) is 16.7 Å². The van der Waals surface area contributed by atoms with Gasteiger partial charge in [-0.3, -0.25) is 9.59 Å². The first-order chi connectivity index (χ1) is 13.6. The maximum absolute atomic E-state index is 13.7. The Bertz CT molecular complexity index is 779. The zero-order chi connectivity index (χ0) is 22.0. The molecular formula is C17H23Cl2FN2O5S2. The molecule has 0 unspecified atom stereocenters. The quantitative estimate of drug-likeness (QED) is 0.263. The second-order valence-electron chi connectivity index (χ2n) is 5.98. The van der Waals surface area contributed by atoms with Crippen LogP contribution in [0.3, 0.4) is 0 Å².